The Morgan fingerprint density at radius 1 is 1.79 bits per heavy atom. The van der Waals surface area contributed by atoms with Crippen molar-refractivity contribution in [1.82, 2.24) is 15.5 Å². The van der Waals surface area contributed by atoms with Crippen molar-refractivity contribution in [2.24, 2.45) is 0 Å². The van der Waals surface area contributed by atoms with Crippen LogP contribution in [-0.4, -0.2) is 28.0 Å². The van der Waals surface area contributed by atoms with Gasteiger partial charge in [-0.3, -0.25) is 5.10 Å². The molecule has 0 aliphatic heterocycles. The highest BCUT2D eigenvalue weighted by Gasteiger charge is 2.22. The van der Waals surface area contributed by atoms with Gasteiger partial charge in [0.1, 0.15) is 0 Å². The standard InChI is InChI=1S/C10H17N3O/c1-7(6-14)12-9-3-2-4-10-8(9)5-11-13-10/h5,7,9,12,14H,2-4,6H2,1H3,(H,11,13). The van der Waals surface area contributed by atoms with Crippen molar-refractivity contribution in [3.63, 3.8) is 0 Å². The molecule has 78 valence electrons. The van der Waals surface area contributed by atoms with Crippen LogP contribution in [0.4, 0.5) is 0 Å². The lowest BCUT2D eigenvalue weighted by Gasteiger charge is -2.25. The van der Waals surface area contributed by atoms with E-state index in [-0.39, 0.29) is 12.6 Å². The van der Waals surface area contributed by atoms with Gasteiger partial charge in [-0.1, -0.05) is 0 Å². The van der Waals surface area contributed by atoms with Crippen LogP contribution < -0.4 is 5.32 Å². The minimum absolute atomic E-state index is 0.154. The molecule has 1 aliphatic carbocycles. The third-order valence-electron chi connectivity index (χ3n) is 2.81. The molecule has 0 amide bonds. The first-order chi connectivity index (χ1) is 6.81. The maximum absolute atomic E-state index is 8.98. The van der Waals surface area contributed by atoms with Crippen molar-refractivity contribution in [3.8, 4) is 0 Å². The van der Waals surface area contributed by atoms with E-state index in [0.29, 0.717) is 6.04 Å². The number of nitrogens with one attached hydrogen (secondary N) is 2. The summed E-state index contributed by atoms with van der Waals surface area (Å²) in [6.45, 7) is 2.18. The molecule has 0 spiro atoms. The zero-order valence-electron chi connectivity index (χ0n) is 8.45. The summed E-state index contributed by atoms with van der Waals surface area (Å²) in [5, 5.41) is 19.5. The molecule has 0 fully saturated rings. The van der Waals surface area contributed by atoms with E-state index in [1.165, 1.54) is 17.7 Å². The van der Waals surface area contributed by atoms with Crippen LogP contribution in [-0.2, 0) is 6.42 Å². The molecule has 1 heterocycles. The number of aromatic amines is 1. The van der Waals surface area contributed by atoms with Gasteiger partial charge in [-0.05, 0) is 26.2 Å². The average molecular weight is 195 g/mol. The molecule has 14 heavy (non-hydrogen) atoms. The van der Waals surface area contributed by atoms with E-state index in [1.807, 2.05) is 13.1 Å². The first-order valence-corrected chi connectivity index (χ1v) is 5.20. The Morgan fingerprint density at radius 3 is 3.43 bits per heavy atom. The number of aliphatic hydroxyl groups is 1. The number of aromatic nitrogens is 2. The average Bonchev–Trinajstić information content (AvgIpc) is 2.66. The Morgan fingerprint density at radius 2 is 2.64 bits per heavy atom. The number of aliphatic hydroxyl groups excluding tert-OH is 1. The topological polar surface area (TPSA) is 60.9 Å². The highest BCUT2D eigenvalue weighted by molar-refractivity contribution is 5.23. The van der Waals surface area contributed by atoms with E-state index in [1.54, 1.807) is 0 Å². The minimum Gasteiger partial charge on any atom is -0.395 e. The van der Waals surface area contributed by atoms with Crippen LogP contribution in [0.1, 0.15) is 37.1 Å². The van der Waals surface area contributed by atoms with E-state index in [4.69, 9.17) is 5.11 Å². The Bertz CT molecular complexity index is 297. The smallest absolute Gasteiger partial charge is 0.0582 e. The minimum atomic E-state index is 0.154. The molecule has 2 atom stereocenters. The zero-order chi connectivity index (χ0) is 9.97. The lowest BCUT2D eigenvalue weighted by molar-refractivity contribution is 0.236. The fourth-order valence-electron chi connectivity index (χ4n) is 2.03. The first kappa shape index (κ1) is 9.68. The second-order valence-electron chi connectivity index (χ2n) is 4.00. The molecule has 4 heteroatoms. The van der Waals surface area contributed by atoms with Gasteiger partial charge in [0.05, 0.1) is 12.8 Å². The highest BCUT2D eigenvalue weighted by Crippen LogP contribution is 2.28. The summed E-state index contributed by atoms with van der Waals surface area (Å²) in [7, 11) is 0. The van der Waals surface area contributed by atoms with Gasteiger partial charge < -0.3 is 10.4 Å². The van der Waals surface area contributed by atoms with Crippen LogP contribution in [0.2, 0.25) is 0 Å². The van der Waals surface area contributed by atoms with E-state index >= 15 is 0 Å². The normalized spacial score (nSPS) is 23.1. The molecule has 0 aromatic carbocycles. The predicted molar refractivity (Wildman–Crippen MR) is 54.0 cm³/mol. The van der Waals surface area contributed by atoms with Crippen molar-refractivity contribution >= 4 is 0 Å². The summed E-state index contributed by atoms with van der Waals surface area (Å²) in [4.78, 5) is 0. The maximum Gasteiger partial charge on any atom is 0.0582 e. The van der Waals surface area contributed by atoms with Gasteiger partial charge in [0.2, 0.25) is 0 Å². The number of nitrogens with zero attached hydrogens (tertiary/aromatic N) is 1. The van der Waals surface area contributed by atoms with Gasteiger partial charge in [0.15, 0.2) is 0 Å². The van der Waals surface area contributed by atoms with Crippen LogP contribution in [0, 0.1) is 0 Å². The lowest BCUT2D eigenvalue weighted by atomic mass is 9.93. The van der Waals surface area contributed by atoms with Crippen molar-refractivity contribution in [1.29, 1.82) is 0 Å². The number of hydrogen-bond donors (Lipinski definition) is 3. The van der Waals surface area contributed by atoms with Gasteiger partial charge >= 0.3 is 0 Å². The molecule has 0 bridgehead atoms. The van der Waals surface area contributed by atoms with Crippen molar-refractivity contribution in [3.05, 3.63) is 17.5 Å². The zero-order valence-corrected chi connectivity index (χ0v) is 8.45. The van der Waals surface area contributed by atoms with Crippen molar-refractivity contribution in [2.75, 3.05) is 6.61 Å². The number of rotatable bonds is 3. The third-order valence-corrected chi connectivity index (χ3v) is 2.81. The number of fused-ring (bicyclic) bond motifs is 1. The molecule has 0 saturated heterocycles. The van der Waals surface area contributed by atoms with Crippen LogP contribution >= 0.6 is 0 Å². The second-order valence-corrected chi connectivity index (χ2v) is 4.00. The van der Waals surface area contributed by atoms with Crippen molar-refractivity contribution in [2.45, 2.75) is 38.3 Å². The third kappa shape index (κ3) is 1.81. The highest BCUT2D eigenvalue weighted by atomic mass is 16.3. The fourth-order valence-corrected chi connectivity index (χ4v) is 2.03. The van der Waals surface area contributed by atoms with Gasteiger partial charge in [0, 0.05) is 23.3 Å². The van der Waals surface area contributed by atoms with Gasteiger partial charge in [-0.25, -0.2) is 0 Å². The first-order valence-electron chi connectivity index (χ1n) is 5.20. The monoisotopic (exact) mass is 195 g/mol. The van der Waals surface area contributed by atoms with Crippen LogP contribution in [0.3, 0.4) is 0 Å². The summed E-state index contributed by atoms with van der Waals surface area (Å²) in [6.07, 6.45) is 5.32. The summed E-state index contributed by atoms with van der Waals surface area (Å²) in [5.74, 6) is 0. The molecule has 0 saturated carbocycles. The fraction of sp³-hybridized carbons (Fsp3) is 0.700. The molecule has 0 radical (unpaired) electrons. The summed E-state index contributed by atoms with van der Waals surface area (Å²) in [5.41, 5.74) is 2.52. The number of aryl methyl sites for hydroxylation is 1. The molecule has 2 rings (SSSR count). The SMILES string of the molecule is CC(CO)NC1CCCc2[nH]ncc21. The summed E-state index contributed by atoms with van der Waals surface area (Å²) in [6, 6.07) is 0.514. The summed E-state index contributed by atoms with van der Waals surface area (Å²) < 4.78 is 0. The van der Waals surface area contributed by atoms with Gasteiger partial charge in [0.25, 0.3) is 0 Å². The second kappa shape index (κ2) is 4.11. The van der Waals surface area contributed by atoms with Crippen molar-refractivity contribution < 1.29 is 5.11 Å². The van der Waals surface area contributed by atoms with E-state index < -0.39 is 0 Å². The predicted octanol–water partition coefficient (Wildman–Crippen LogP) is 0.757. The van der Waals surface area contributed by atoms with Crippen LogP contribution in [0.5, 0.6) is 0 Å². The Balaban J connectivity index is 2.08. The number of H-pyrrole nitrogens is 1. The summed E-state index contributed by atoms with van der Waals surface area (Å²) >= 11 is 0. The lowest BCUT2D eigenvalue weighted by Crippen LogP contribution is -2.34. The molecular formula is C10H17N3O. The molecule has 1 aliphatic rings. The van der Waals surface area contributed by atoms with Crippen LogP contribution in [0.15, 0.2) is 6.20 Å². The quantitative estimate of drug-likeness (QED) is 0.667. The molecular weight excluding hydrogens is 178 g/mol. The van der Waals surface area contributed by atoms with Gasteiger partial charge in [-0.15, -0.1) is 0 Å². The van der Waals surface area contributed by atoms with E-state index in [0.717, 1.165) is 12.8 Å². The molecule has 1 aromatic heterocycles. The van der Waals surface area contributed by atoms with Gasteiger partial charge in [-0.2, -0.15) is 5.10 Å². The molecule has 4 nitrogen and oxygen atoms in total. The molecule has 3 N–H and O–H groups in total. The maximum atomic E-state index is 8.98. The molecule has 2 unspecified atom stereocenters. The van der Waals surface area contributed by atoms with E-state index in [9.17, 15) is 0 Å². The Labute approximate surface area is 83.7 Å². The largest absolute Gasteiger partial charge is 0.395 e. The Hall–Kier alpha value is -0.870. The van der Waals surface area contributed by atoms with Crippen LogP contribution in [0.25, 0.3) is 0 Å². The Kier molecular flexibility index (Phi) is 2.84. The molecule has 1 aromatic rings. The van der Waals surface area contributed by atoms with E-state index in [2.05, 4.69) is 15.5 Å². The number of hydrogen-bond acceptors (Lipinski definition) is 3.